The van der Waals surface area contributed by atoms with Crippen molar-refractivity contribution in [2.45, 2.75) is 59.0 Å². The van der Waals surface area contributed by atoms with E-state index in [4.69, 9.17) is 4.74 Å². The smallest absolute Gasteiger partial charge is 0.230 e. The number of likely N-dealkylation sites (tertiary alicyclic amines) is 1. The largest absolute Gasteiger partial charge is 0.438 e. The molecule has 1 aromatic carbocycles. The van der Waals surface area contributed by atoms with E-state index in [2.05, 4.69) is 28.9 Å². The summed E-state index contributed by atoms with van der Waals surface area (Å²) >= 11 is 0. The third kappa shape index (κ3) is 3.82. The first-order valence-electron chi connectivity index (χ1n) is 9.22. The average molecular weight is 353 g/mol. The number of rotatable bonds is 3. The summed E-state index contributed by atoms with van der Waals surface area (Å²) in [7, 11) is 0. The summed E-state index contributed by atoms with van der Waals surface area (Å²) in [6, 6.07) is 12.3. The lowest BCUT2D eigenvalue weighted by atomic mass is 9.96. The molecule has 2 atom stereocenters. The number of pyridine rings is 1. The summed E-state index contributed by atoms with van der Waals surface area (Å²) in [6.45, 7) is 8.30. The van der Waals surface area contributed by atoms with E-state index in [-0.39, 0.29) is 0 Å². The van der Waals surface area contributed by atoms with Gasteiger partial charge in [0.2, 0.25) is 5.88 Å². The Balaban J connectivity index is 1.99. The molecule has 26 heavy (non-hydrogen) atoms. The first-order valence-corrected chi connectivity index (χ1v) is 9.22. The van der Waals surface area contributed by atoms with Crippen LogP contribution in [0, 0.1) is 13.8 Å². The topological polar surface area (TPSA) is 58.0 Å². The number of hydrogen-bond acceptors (Lipinski definition) is 4. The maximum Gasteiger partial charge on any atom is 0.230 e. The molecule has 0 radical (unpaired) electrons. The van der Waals surface area contributed by atoms with E-state index in [9.17, 15) is 5.21 Å². The van der Waals surface area contributed by atoms with Crippen LogP contribution in [-0.2, 0) is 0 Å². The molecule has 0 aliphatic carbocycles. The van der Waals surface area contributed by atoms with E-state index in [1.54, 1.807) is 0 Å². The van der Waals surface area contributed by atoms with Crippen LogP contribution in [-0.4, -0.2) is 33.0 Å². The lowest BCUT2D eigenvalue weighted by Gasteiger charge is -2.40. The summed E-state index contributed by atoms with van der Waals surface area (Å²) in [4.78, 5) is 6.74. The van der Waals surface area contributed by atoms with E-state index in [0.29, 0.717) is 35.1 Å². The second-order valence-electron chi connectivity index (χ2n) is 7.18. The number of amidine groups is 1. The molecular formula is C21H27N3O2. The number of piperidine rings is 1. The molecular weight excluding hydrogens is 326 g/mol. The Morgan fingerprint density at radius 1 is 1.08 bits per heavy atom. The Hall–Kier alpha value is -2.56. The average Bonchev–Trinajstić information content (AvgIpc) is 2.61. The molecule has 0 bridgehead atoms. The summed E-state index contributed by atoms with van der Waals surface area (Å²) < 4.78 is 6.06. The summed E-state index contributed by atoms with van der Waals surface area (Å²) in [5.41, 5.74) is 2.73. The van der Waals surface area contributed by atoms with Gasteiger partial charge in [0.25, 0.3) is 0 Å². The fraction of sp³-hybridized carbons (Fsp3) is 0.429. The van der Waals surface area contributed by atoms with E-state index in [1.165, 1.54) is 12.0 Å². The molecule has 1 aliphatic rings. The van der Waals surface area contributed by atoms with Crippen molar-refractivity contribution in [2.24, 2.45) is 5.16 Å². The van der Waals surface area contributed by atoms with Gasteiger partial charge in [-0.05, 0) is 71.2 Å². The van der Waals surface area contributed by atoms with Crippen molar-refractivity contribution in [3.05, 3.63) is 53.2 Å². The zero-order valence-electron chi connectivity index (χ0n) is 15.9. The summed E-state index contributed by atoms with van der Waals surface area (Å²) in [6.07, 6.45) is 3.35. The van der Waals surface area contributed by atoms with Crippen LogP contribution in [0.2, 0.25) is 0 Å². The van der Waals surface area contributed by atoms with Gasteiger partial charge in [-0.15, -0.1) is 0 Å². The molecule has 2 aromatic rings. The quantitative estimate of drug-likeness (QED) is 0.369. The maximum atomic E-state index is 9.83. The van der Waals surface area contributed by atoms with Gasteiger partial charge in [0.1, 0.15) is 5.75 Å². The van der Waals surface area contributed by atoms with Crippen molar-refractivity contribution in [1.29, 1.82) is 0 Å². The monoisotopic (exact) mass is 353 g/mol. The number of nitrogens with zero attached hydrogens (tertiary/aromatic N) is 3. The highest BCUT2D eigenvalue weighted by Gasteiger charge is 2.30. The lowest BCUT2D eigenvalue weighted by Crippen LogP contribution is -2.48. The number of aryl methyl sites for hydroxylation is 2. The Bertz CT molecular complexity index is 776. The normalized spacial score (nSPS) is 20.9. The van der Waals surface area contributed by atoms with Crippen molar-refractivity contribution < 1.29 is 9.94 Å². The summed E-state index contributed by atoms with van der Waals surface area (Å²) in [5, 5.41) is 13.5. The van der Waals surface area contributed by atoms with Crippen LogP contribution < -0.4 is 4.74 Å². The molecule has 1 aromatic heterocycles. The van der Waals surface area contributed by atoms with Crippen LogP contribution in [0.4, 0.5) is 0 Å². The maximum absolute atomic E-state index is 9.83. The second-order valence-corrected chi connectivity index (χ2v) is 7.18. The van der Waals surface area contributed by atoms with Gasteiger partial charge >= 0.3 is 0 Å². The third-order valence-corrected chi connectivity index (χ3v) is 5.01. The van der Waals surface area contributed by atoms with Gasteiger partial charge in [-0.3, -0.25) is 0 Å². The van der Waals surface area contributed by atoms with Crippen molar-refractivity contribution in [2.75, 3.05) is 0 Å². The lowest BCUT2D eigenvalue weighted by molar-refractivity contribution is 0.181. The van der Waals surface area contributed by atoms with Crippen molar-refractivity contribution >= 4 is 5.84 Å². The van der Waals surface area contributed by atoms with Crippen LogP contribution in [0.5, 0.6) is 11.6 Å². The van der Waals surface area contributed by atoms with Gasteiger partial charge in [0.05, 0.1) is 5.56 Å². The molecule has 5 nitrogen and oxygen atoms in total. The Morgan fingerprint density at radius 3 is 2.35 bits per heavy atom. The second kappa shape index (κ2) is 7.77. The predicted octanol–water partition coefficient (Wildman–Crippen LogP) is 4.89. The molecule has 0 spiro atoms. The molecule has 3 rings (SSSR count). The highest BCUT2D eigenvalue weighted by Crippen LogP contribution is 2.30. The number of aromatic nitrogens is 1. The molecule has 138 valence electrons. The van der Waals surface area contributed by atoms with E-state index < -0.39 is 0 Å². The van der Waals surface area contributed by atoms with Crippen molar-refractivity contribution in [3.8, 4) is 11.6 Å². The fourth-order valence-corrected chi connectivity index (χ4v) is 3.58. The van der Waals surface area contributed by atoms with Crippen LogP contribution in [0.15, 0.2) is 41.6 Å². The molecule has 1 aliphatic heterocycles. The molecule has 5 heteroatoms. The Labute approximate surface area is 155 Å². The SMILES string of the molecule is Cc1ccc(Oc2nc(C)ccc2/C(=N/O)N2C(C)CCCC2C)cc1. The van der Waals surface area contributed by atoms with E-state index in [0.717, 1.165) is 18.5 Å². The minimum atomic E-state index is 0.304. The first kappa shape index (κ1) is 18.2. The molecule has 1 fully saturated rings. The van der Waals surface area contributed by atoms with Crippen molar-refractivity contribution in [1.82, 2.24) is 9.88 Å². The van der Waals surface area contributed by atoms with Crippen LogP contribution in [0.25, 0.3) is 0 Å². The van der Waals surface area contributed by atoms with Crippen molar-refractivity contribution in [3.63, 3.8) is 0 Å². The minimum absolute atomic E-state index is 0.304. The van der Waals surface area contributed by atoms with Gasteiger partial charge in [0.15, 0.2) is 5.84 Å². The van der Waals surface area contributed by atoms with Crippen LogP contribution in [0.3, 0.4) is 0 Å². The van der Waals surface area contributed by atoms with Gasteiger partial charge in [-0.1, -0.05) is 22.9 Å². The third-order valence-electron chi connectivity index (χ3n) is 5.01. The number of hydrogen-bond donors (Lipinski definition) is 1. The van der Waals surface area contributed by atoms with Gasteiger partial charge in [-0.2, -0.15) is 0 Å². The minimum Gasteiger partial charge on any atom is -0.438 e. The van der Waals surface area contributed by atoms with E-state index in [1.807, 2.05) is 50.2 Å². The van der Waals surface area contributed by atoms with Gasteiger partial charge in [0, 0.05) is 17.8 Å². The molecule has 1 saturated heterocycles. The molecule has 1 N–H and O–H groups in total. The molecule has 0 amide bonds. The molecule has 2 unspecified atom stereocenters. The number of benzene rings is 1. The highest BCUT2D eigenvalue weighted by molar-refractivity contribution is 6.00. The zero-order chi connectivity index (χ0) is 18.7. The molecule has 2 heterocycles. The van der Waals surface area contributed by atoms with Crippen LogP contribution >= 0.6 is 0 Å². The summed E-state index contributed by atoms with van der Waals surface area (Å²) in [5.74, 6) is 1.71. The fourth-order valence-electron chi connectivity index (χ4n) is 3.58. The highest BCUT2D eigenvalue weighted by atomic mass is 16.5. The Kier molecular flexibility index (Phi) is 5.45. The van der Waals surface area contributed by atoms with Crippen LogP contribution in [0.1, 0.15) is 49.9 Å². The Morgan fingerprint density at radius 2 is 1.73 bits per heavy atom. The zero-order valence-corrected chi connectivity index (χ0v) is 15.9. The van der Waals surface area contributed by atoms with Gasteiger partial charge < -0.3 is 14.8 Å². The van der Waals surface area contributed by atoms with Gasteiger partial charge in [-0.25, -0.2) is 4.98 Å². The molecule has 0 saturated carbocycles. The van der Waals surface area contributed by atoms with E-state index >= 15 is 0 Å². The standard InChI is InChI=1S/C21H27N3O2/c1-14-8-11-18(12-9-14)26-21-19(13-10-15(2)22-21)20(23-25)24-16(3)6-5-7-17(24)4/h8-13,16-17,25H,5-7H2,1-4H3/b23-20-. The predicted molar refractivity (Wildman–Crippen MR) is 103 cm³/mol. The number of ether oxygens (including phenoxy) is 1. The first-order chi connectivity index (χ1) is 12.5. The number of oxime groups is 1.